The lowest BCUT2D eigenvalue weighted by molar-refractivity contribution is 0.0729. The van der Waals surface area contributed by atoms with Crippen LogP contribution in [0, 0.1) is 5.92 Å². The summed E-state index contributed by atoms with van der Waals surface area (Å²) < 4.78 is 12.4. The van der Waals surface area contributed by atoms with Gasteiger partial charge in [0.25, 0.3) is 5.91 Å². The summed E-state index contributed by atoms with van der Waals surface area (Å²) in [7, 11) is 2.99. The van der Waals surface area contributed by atoms with Crippen molar-refractivity contribution in [2.75, 3.05) is 20.8 Å². The van der Waals surface area contributed by atoms with Gasteiger partial charge in [-0.15, -0.1) is 0 Å². The number of aromatic nitrogens is 2. The van der Waals surface area contributed by atoms with Gasteiger partial charge in [0.2, 0.25) is 0 Å². The Balaban J connectivity index is 1.99. The summed E-state index contributed by atoms with van der Waals surface area (Å²) in [5.74, 6) is 1.39. The number of carbonyl (C=O) groups is 1. The number of methoxy groups -OCH3 is 2. The molecule has 0 spiro atoms. The van der Waals surface area contributed by atoms with Crippen molar-refractivity contribution in [1.82, 2.24) is 14.5 Å². The Morgan fingerprint density at radius 1 is 1.06 bits per heavy atom. The molecule has 10 heteroatoms. The van der Waals surface area contributed by atoms with Crippen LogP contribution in [0.25, 0.3) is 0 Å². The fraction of sp³-hybridized carbons (Fsp3) is 0.360. The molecule has 6 nitrogen and oxygen atoms in total. The van der Waals surface area contributed by atoms with Crippen molar-refractivity contribution in [2.24, 2.45) is 5.92 Å². The van der Waals surface area contributed by atoms with Crippen LogP contribution in [0.2, 0.25) is 20.4 Å². The Labute approximate surface area is 225 Å². The number of imidazole rings is 1. The summed E-state index contributed by atoms with van der Waals surface area (Å²) in [6.45, 7) is 5.20. The number of hydrogen-bond acceptors (Lipinski definition) is 4. The predicted molar refractivity (Wildman–Crippen MR) is 142 cm³/mol. The fourth-order valence-corrected chi connectivity index (χ4v) is 4.49. The second-order valence-corrected chi connectivity index (χ2v) is 9.86. The van der Waals surface area contributed by atoms with E-state index in [1.807, 2.05) is 18.2 Å². The third-order valence-electron chi connectivity index (χ3n) is 5.54. The highest BCUT2D eigenvalue weighted by molar-refractivity contribution is 6.40. The van der Waals surface area contributed by atoms with Gasteiger partial charge >= 0.3 is 0 Å². The Hall–Kier alpha value is -2.12. The standard InChI is InChI=1S/C25H27Cl4N3O3/c1-15(2)11-12-31(25(33)17-9-10-19(34-3)22(35-4)21(17)27)14-20-30-23(28)24(29)32(20)13-16-7-5-6-8-18(16)26/h5-10,15H,11-14H2,1-4H3. The van der Waals surface area contributed by atoms with Crippen LogP contribution in [0.15, 0.2) is 36.4 Å². The van der Waals surface area contributed by atoms with Crippen LogP contribution in [0.5, 0.6) is 11.5 Å². The fourth-order valence-electron chi connectivity index (χ4n) is 3.58. The molecule has 3 aromatic rings. The first-order valence-corrected chi connectivity index (χ1v) is 12.5. The van der Waals surface area contributed by atoms with Gasteiger partial charge in [-0.2, -0.15) is 0 Å². The lowest BCUT2D eigenvalue weighted by atomic mass is 10.1. The molecule has 0 saturated carbocycles. The summed E-state index contributed by atoms with van der Waals surface area (Å²) in [6.07, 6.45) is 0.781. The molecule has 2 aromatic carbocycles. The minimum Gasteiger partial charge on any atom is -0.493 e. The van der Waals surface area contributed by atoms with E-state index in [4.69, 9.17) is 55.9 Å². The van der Waals surface area contributed by atoms with E-state index < -0.39 is 0 Å². The Kier molecular flexibility index (Phi) is 9.59. The highest BCUT2D eigenvalue weighted by atomic mass is 35.5. The van der Waals surface area contributed by atoms with E-state index in [1.54, 1.807) is 27.7 Å². The largest absolute Gasteiger partial charge is 0.493 e. The molecule has 0 aliphatic heterocycles. The van der Waals surface area contributed by atoms with E-state index in [2.05, 4.69) is 18.8 Å². The molecular weight excluding hydrogens is 532 g/mol. The van der Waals surface area contributed by atoms with Crippen molar-refractivity contribution < 1.29 is 14.3 Å². The monoisotopic (exact) mass is 557 g/mol. The molecule has 188 valence electrons. The second-order valence-electron chi connectivity index (χ2n) is 8.36. The smallest absolute Gasteiger partial charge is 0.255 e. The summed E-state index contributed by atoms with van der Waals surface area (Å²) in [6, 6.07) is 10.7. The number of nitrogens with zero attached hydrogens (tertiary/aromatic N) is 3. The molecule has 0 aliphatic carbocycles. The van der Waals surface area contributed by atoms with Crippen molar-refractivity contribution in [3.63, 3.8) is 0 Å². The Morgan fingerprint density at radius 2 is 1.77 bits per heavy atom. The Morgan fingerprint density at radius 3 is 2.40 bits per heavy atom. The van der Waals surface area contributed by atoms with Crippen LogP contribution in [0.4, 0.5) is 0 Å². The molecule has 1 amide bonds. The lowest BCUT2D eigenvalue weighted by Gasteiger charge is -2.25. The van der Waals surface area contributed by atoms with Crippen molar-refractivity contribution in [3.8, 4) is 11.5 Å². The third kappa shape index (κ3) is 6.36. The van der Waals surface area contributed by atoms with Crippen LogP contribution in [0.1, 0.15) is 42.0 Å². The predicted octanol–water partition coefficient (Wildman–Crippen LogP) is 7.25. The first-order valence-electron chi connectivity index (χ1n) is 11.0. The number of rotatable bonds is 10. The molecule has 1 aromatic heterocycles. The SMILES string of the molecule is COc1ccc(C(=O)N(CCC(C)C)Cc2nc(Cl)c(Cl)n2Cc2ccccc2Cl)c(Cl)c1OC. The molecular formula is C25H27Cl4N3O3. The number of carbonyl (C=O) groups excluding carboxylic acids is 1. The molecule has 35 heavy (non-hydrogen) atoms. The quantitative estimate of drug-likeness (QED) is 0.263. The summed E-state index contributed by atoms with van der Waals surface area (Å²) in [5.41, 5.74) is 1.16. The maximum atomic E-state index is 13.7. The van der Waals surface area contributed by atoms with Gasteiger partial charge in [0.05, 0.1) is 37.9 Å². The molecule has 0 radical (unpaired) electrons. The van der Waals surface area contributed by atoms with Gasteiger partial charge in [-0.05, 0) is 36.1 Å². The molecule has 0 unspecified atom stereocenters. The van der Waals surface area contributed by atoms with Gasteiger partial charge in [-0.1, -0.05) is 78.5 Å². The zero-order valence-electron chi connectivity index (χ0n) is 19.9. The van der Waals surface area contributed by atoms with E-state index in [-0.39, 0.29) is 27.8 Å². The first kappa shape index (κ1) is 27.5. The molecule has 0 aliphatic rings. The van der Waals surface area contributed by atoms with Crippen LogP contribution in [0.3, 0.4) is 0 Å². The molecule has 0 N–H and O–H groups in total. The second kappa shape index (κ2) is 12.2. The molecule has 0 bridgehead atoms. The van der Waals surface area contributed by atoms with E-state index in [0.29, 0.717) is 46.9 Å². The number of benzene rings is 2. The molecule has 0 atom stereocenters. The van der Waals surface area contributed by atoms with Crippen molar-refractivity contribution in [3.05, 3.63) is 73.7 Å². The minimum absolute atomic E-state index is 0.161. The van der Waals surface area contributed by atoms with Gasteiger partial charge in [-0.25, -0.2) is 4.98 Å². The van der Waals surface area contributed by atoms with Gasteiger partial charge in [0.15, 0.2) is 16.7 Å². The zero-order valence-corrected chi connectivity index (χ0v) is 23.0. The number of halogens is 4. The number of amides is 1. The van der Waals surface area contributed by atoms with Crippen LogP contribution in [-0.4, -0.2) is 41.1 Å². The van der Waals surface area contributed by atoms with Crippen LogP contribution < -0.4 is 9.47 Å². The molecule has 0 saturated heterocycles. The first-order chi connectivity index (χ1) is 16.7. The summed E-state index contributed by atoms with van der Waals surface area (Å²) in [4.78, 5) is 19.8. The summed E-state index contributed by atoms with van der Waals surface area (Å²) in [5, 5.41) is 1.22. The number of hydrogen-bond donors (Lipinski definition) is 0. The lowest BCUT2D eigenvalue weighted by Crippen LogP contribution is -2.33. The minimum atomic E-state index is -0.267. The van der Waals surface area contributed by atoms with Crippen LogP contribution >= 0.6 is 46.4 Å². The third-order valence-corrected chi connectivity index (χ3v) is 7.03. The van der Waals surface area contributed by atoms with Gasteiger partial charge in [0.1, 0.15) is 11.0 Å². The topological polar surface area (TPSA) is 56.6 Å². The normalized spacial score (nSPS) is 11.1. The number of ether oxygens (including phenoxy) is 2. The highest BCUT2D eigenvalue weighted by Gasteiger charge is 2.26. The van der Waals surface area contributed by atoms with Crippen LogP contribution in [-0.2, 0) is 13.1 Å². The van der Waals surface area contributed by atoms with Gasteiger partial charge in [0, 0.05) is 11.6 Å². The van der Waals surface area contributed by atoms with Crippen molar-refractivity contribution >= 4 is 52.3 Å². The van der Waals surface area contributed by atoms with E-state index in [1.165, 1.54) is 14.2 Å². The Bertz CT molecular complexity index is 1200. The van der Waals surface area contributed by atoms with E-state index in [0.717, 1.165) is 12.0 Å². The maximum Gasteiger partial charge on any atom is 0.255 e. The van der Waals surface area contributed by atoms with Crippen molar-refractivity contribution in [2.45, 2.75) is 33.4 Å². The van der Waals surface area contributed by atoms with Crippen molar-refractivity contribution in [1.29, 1.82) is 0 Å². The zero-order chi connectivity index (χ0) is 25.7. The average molecular weight is 559 g/mol. The van der Waals surface area contributed by atoms with E-state index >= 15 is 0 Å². The van der Waals surface area contributed by atoms with Gasteiger partial charge < -0.3 is 18.9 Å². The molecule has 3 rings (SSSR count). The average Bonchev–Trinajstić information content (AvgIpc) is 3.09. The molecule has 0 fully saturated rings. The maximum absolute atomic E-state index is 13.7. The van der Waals surface area contributed by atoms with E-state index in [9.17, 15) is 4.79 Å². The molecule has 1 heterocycles. The summed E-state index contributed by atoms with van der Waals surface area (Å²) >= 11 is 25.7. The van der Waals surface area contributed by atoms with Gasteiger partial charge in [-0.3, -0.25) is 4.79 Å². The highest BCUT2D eigenvalue weighted by Crippen LogP contribution is 2.38.